The first-order valence-corrected chi connectivity index (χ1v) is 6.48. The molecule has 0 aliphatic heterocycles. The third kappa shape index (κ3) is 5.13. The van der Waals surface area contributed by atoms with E-state index in [1.54, 1.807) is 13.8 Å². The van der Waals surface area contributed by atoms with Crippen LogP contribution >= 0.6 is 0 Å². The van der Waals surface area contributed by atoms with E-state index in [9.17, 15) is 14.4 Å². The summed E-state index contributed by atoms with van der Waals surface area (Å²) in [7, 11) is 0. The molecule has 0 radical (unpaired) electrons. The number of amides is 3. The Hall–Kier alpha value is -2.57. The topological polar surface area (TPSA) is 122 Å². The van der Waals surface area contributed by atoms with Crippen LogP contribution in [0.5, 0.6) is 0 Å². The van der Waals surface area contributed by atoms with Gasteiger partial charge in [0, 0.05) is 17.8 Å². The van der Waals surface area contributed by atoms with E-state index >= 15 is 0 Å². The molecule has 7 nitrogen and oxygen atoms in total. The summed E-state index contributed by atoms with van der Waals surface area (Å²) in [5, 5.41) is 14.1. The quantitative estimate of drug-likeness (QED) is 0.630. The van der Waals surface area contributed by atoms with Crippen molar-refractivity contribution in [3.05, 3.63) is 29.8 Å². The first-order valence-electron chi connectivity index (χ1n) is 6.48. The highest BCUT2D eigenvalue weighted by atomic mass is 16.4. The Morgan fingerprint density at radius 1 is 1.19 bits per heavy atom. The highest BCUT2D eigenvalue weighted by Crippen LogP contribution is 2.11. The predicted molar refractivity (Wildman–Crippen MR) is 77.9 cm³/mol. The molecule has 114 valence electrons. The Balaban J connectivity index is 2.53. The van der Waals surface area contributed by atoms with E-state index in [0.717, 1.165) is 0 Å². The van der Waals surface area contributed by atoms with Gasteiger partial charge in [-0.1, -0.05) is 13.8 Å². The summed E-state index contributed by atoms with van der Waals surface area (Å²) in [6.07, 6.45) is 0. The fraction of sp³-hybridized carbons (Fsp3) is 0.357. The van der Waals surface area contributed by atoms with Gasteiger partial charge >= 0.3 is 12.0 Å². The third-order valence-corrected chi connectivity index (χ3v) is 3.03. The molecule has 0 bridgehead atoms. The molecule has 1 aromatic rings. The van der Waals surface area contributed by atoms with Gasteiger partial charge in [0.15, 0.2) is 0 Å². The second-order valence-corrected chi connectivity index (χ2v) is 4.97. The van der Waals surface area contributed by atoms with Crippen molar-refractivity contribution in [2.24, 2.45) is 17.6 Å². The van der Waals surface area contributed by atoms with Gasteiger partial charge in [0.25, 0.3) is 0 Å². The summed E-state index contributed by atoms with van der Waals surface area (Å²) >= 11 is 0. The monoisotopic (exact) mass is 293 g/mol. The molecule has 1 unspecified atom stereocenters. The Kier molecular flexibility index (Phi) is 5.71. The fourth-order valence-corrected chi connectivity index (χ4v) is 1.70. The van der Waals surface area contributed by atoms with E-state index in [1.807, 2.05) is 0 Å². The lowest BCUT2D eigenvalue weighted by molar-refractivity contribution is -0.142. The van der Waals surface area contributed by atoms with Gasteiger partial charge in [0.2, 0.25) is 5.91 Å². The molecule has 0 spiro atoms. The molecule has 1 aromatic carbocycles. The maximum atomic E-state index is 11.7. The maximum absolute atomic E-state index is 11.7. The number of nitrogens with one attached hydrogen (secondary N) is 2. The van der Waals surface area contributed by atoms with Gasteiger partial charge in [-0.3, -0.25) is 9.59 Å². The number of rotatable bonds is 6. The number of hydrogen-bond acceptors (Lipinski definition) is 3. The maximum Gasteiger partial charge on any atom is 0.319 e. The molecule has 7 heteroatoms. The van der Waals surface area contributed by atoms with Crippen molar-refractivity contribution in [2.75, 3.05) is 11.9 Å². The number of carbonyl (C=O) groups is 3. The van der Waals surface area contributed by atoms with Crippen LogP contribution in [0, 0.1) is 11.8 Å². The second kappa shape index (κ2) is 7.28. The van der Waals surface area contributed by atoms with E-state index in [0.29, 0.717) is 11.3 Å². The zero-order valence-corrected chi connectivity index (χ0v) is 11.9. The highest BCUT2D eigenvalue weighted by Gasteiger charge is 2.21. The summed E-state index contributed by atoms with van der Waals surface area (Å²) in [5.41, 5.74) is 5.93. The normalized spacial score (nSPS) is 11.8. The average Bonchev–Trinajstić information content (AvgIpc) is 2.38. The van der Waals surface area contributed by atoms with Crippen molar-refractivity contribution in [2.45, 2.75) is 13.8 Å². The van der Waals surface area contributed by atoms with Crippen molar-refractivity contribution < 1.29 is 19.5 Å². The Morgan fingerprint density at radius 3 is 2.19 bits per heavy atom. The van der Waals surface area contributed by atoms with Crippen molar-refractivity contribution in [1.82, 2.24) is 5.32 Å². The molecule has 0 fully saturated rings. The number of benzene rings is 1. The van der Waals surface area contributed by atoms with Crippen LogP contribution in [-0.2, 0) is 4.79 Å². The standard InChI is InChI=1S/C14H19N3O4/c1-8(2)11(13(19)20)7-16-14(21)17-10-5-3-9(4-6-10)12(15)18/h3-6,8,11H,7H2,1-2H3,(H2,15,18)(H,19,20)(H2,16,17,21). The number of aliphatic carboxylic acids is 1. The SMILES string of the molecule is CC(C)C(CNC(=O)Nc1ccc(C(N)=O)cc1)C(=O)O. The highest BCUT2D eigenvalue weighted by molar-refractivity contribution is 5.94. The van der Waals surface area contributed by atoms with Crippen molar-refractivity contribution >= 4 is 23.6 Å². The number of carboxylic acids is 1. The zero-order chi connectivity index (χ0) is 16.0. The van der Waals surface area contributed by atoms with Gasteiger partial charge in [-0.2, -0.15) is 0 Å². The van der Waals surface area contributed by atoms with Crippen LogP contribution in [0.4, 0.5) is 10.5 Å². The first kappa shape index (κ1) is 16.5. The van der Waals surface area contributed by atoms with E-state index < -0.39 is 23.8 Å². The molecule has 0 saturated heterocycles. The van der Waals surface area contributed by atoms with Crippen molar-refractivity contribution in [3.8, 4) is 0 Å². The predicted octanol–water partition coefficient (Wildman–Crippen LogP) is 1.26. The molecule has 0 aliphatic carbocycles. The Bertz CT molecular complexity index is 526. The van der Waals surface area contributed by atoms with Crippen LogP contribution in [0.25, 0.3) is 0 Å². The number of anilines is 1. The number of hydrogen-bond donors (Lipinski definition) is 4. The van der Waals surface area contributed by atoms with Crippen molar-refractivity contribution in [3.63, 3.8) is 0 Å². The number of primary amides is 1. The molecule has 1 rings (SSSR count). The van der Waals surface area contributed by atoms with Crippen LogP contribution < -0.4 is 16.4 Å². The van der Waals surface area contributed by atoms with E-state index in [1.165, 1.54) is 24.3 Å². The zero-order valence-electron chi connectivity index (χ0n) is 11.9. The van der Waals surface area contributed by atoms with Gasteiger partial charge in [-0.15, -0.1) is 0 Å². The first-order chi connectivity index (χ1) is 9.81. The minimum atomic E-state index is -0.948. The molecule has 0 saturated carbocycles. The smallest absolute Gasteiger partial charge is 0.319 e. The molecular weight excluding hydrogens is 274 g/mol. The van der Waals surface area contributed by atoms with Gasteiger partial charge < -0.3 is 21.5 Å². The molecular formula is C14H19N3O4. The van der Waals surface area contributed by atoms with Crippen LogP contribution in [0.3, 0.4) is 0 Å². The molecule has 0 aromatic heterocycles. The lowest BCUT2D eigenvalue weighted by atomic mass is 9.96. The van der Waals surface area contributed by atoms with Crippen LogP contribution in [-0.4, -0.2) is 29.6 Å². The third-order valence-electron chi connectivity index (χ3n) is 3.03. The lowest BCUT2D eigenvalue weighted by Gasteiger charge is -2.17. The summed E-state index contributed by atoms with van der Waals surface area (Å²) < 4.78 is 0. The second-order valence-electron chi connectivity index (χ2n) is 4.97. The van der Waals surface area contributed by atoms with Crippen LogP contribution in [0.15, 0.2) is 24.3 Å². The summed E-state index contributed by atoms with van der Waals surface area (Å²) in [6.45, 7) is 3.60. The van der Waals surface area contributed by atoms with Gasteiger partial charge in [-0.05, 0) is 30.2 Å². The summed E-state index contributed by atoms with van der Waals surface area (Å²) in [6, 6.07) is 5.56. The summed E-state index contributed by atoms with van der Waals surface area (Å²) in [4.78, 5) is 33.6. The molecule has 0 aliphatic rings. The van der Waals surface area contributed by atoms with Gasteiger partial charge in [0.05, 0.1) is 5.92 Å². The molecule has 0 heterocycles. The van der Waals surface area contributed by atoms with E-state index in [-0.39, 0.29) is 12.5 Å². The Labute approximate surface area is 122 Å². The van der Waals surface area contributed by atoms with E-state index in [2.05, 4.69) is 10.6 Å². The fourth-order valence-electron chi connectivity index (χ4n) is 1.70. The molecule has 1 atom stereocenters. The minimum absolute atomic E-state index is 0.0399. The lowest BCUT2D eigenvalue weighted by Crippen LogP contribution is -2.37. The molecule has 3 amide bonds. The largest absolute Gasteiger partial charge is 0.481 e. The summed E-state index contributed by atoms with van der Waals surface area (Å²) in [5.74, 6) is -2.23. The Morgan fingerprint density at radius 2 is 1.76 bits per heavy atom. The van der Waals surface area contributed by atoms with Crippen LogP contribution in [0.1, 0.15) is 24.2 Å². The molecule has 5 N–H and O–H groups in total. The van der Waals surface area contributed by atoms with Gasteiger partial charge in [0.1, 0.15) is 0 Å². The number of urea groups is 1. The van der Waals surface area contributed by atoms with Crippen molar-refractivity contribution in [1.29, 1.82) is 0 Å². The average molecular weight is 293 g/mol. The number of nitrogens with two attached hydrogens (primary N) is 1. The van der Waals surface area contributed by atoms with Gasteiger partial charge in [-0.25, -0.2) is 4.79 Å². The number of carbonyl (C=O) groups excluding carboxylic acids is 2. The number of carboxylic acid groups (broad SMARTS) is 1. The molecule has 21 heavy (non-hydrogen) atoms. The van der Waals surface area contributed by atoms with Crippen LogP contribution in [0.2, 0.25) is 0 Å². The minimum Gasteiger partial charge on any atom is -0.481 e. The van der Waals surface area contributed by atoms with E-state index in [4.69, 9.17) is 10.8 Å².